The predicted octanol–water partition coefficient (Wildman–Crippen LogP) is 5.26. The van der Waals surface area contributed by atoms with Crippen LogP contribution in [0.1, 0.15) is 151 Å². The minimum atomic E-state index is -0.924. The quantitative estimate of drug-likeness (QED) is 0.0146. The first-order valence-electron chi connectivity index (χ1n) is 29.9. The molecule has 0 bridgehead atoms. The molecule has 0 spiro atoms. The van der Waals surface area contributed by atoms with Gasteiger partial charge in [-0.05, 0) is 49.1 Å². The molecule has 474 valence electrons. The molecule has 1 aliphatic carbocycles. The van der Waals surface area contributed by atoms with Crippen LogP contribution < -0.4 is 31.9 Å². The molecule has 1 aliphatic heterocycles. The highest BCUT2D eigenvalue weighted by atomic mass is 32.1. The average molecular weight is 1210 g/mol. The summed E-state index contributed by atoms with van der Waals surface area (Å²) in [6.07, 6.45) is 17.0. The summed E-state index contributed by atoms with van der Waals surface area (Å²) in [5.74, 6) is -2.99. The third-order valence-corrected chi connectivity index (χ3v) is 15.5. The number of benzene rings is 1. The van der Waals surface area contributed by atoms with Gasteiger partial charge in [-0.3, -0.25) is 44.3 Å². The second-order valence-electron chi connectivity index (χ2n) is 21.5. The van der Waals surface area contributed by atoms with Gasteiger partial charge in [0, 0.05) is 54.2 Å². The summed E-state index contributed by atoms with van der Waals surface area (Å²) < 4.78 is 36.4. The van der Waals surface area contributed by atoms with Crippen molar-refractivity contribution in [2.24, 2.45) is 5.41 Å². The molecule has 1 saturated carbocycles. The molecule has 25 heteroatoms. The third-order valence-electron chi connectivity index (χ3n) is 14.6. The number of nitrogens with zero attached hydrogens (tertiary/aromatic N) is 1. The molecule has 0 radical (unpaired) electrons. The number of hydrogen-bond donors (Lipinski definition) is 7. The minimum absolute atomic E-state index is 0.00217. The van der Waals surface area contributed by atoms with E-state index >= 15 is 0 Å². The molecule has 85 heavy (non-hydrogen) atoms. The predicted molar refractivity (Wildman–Crippen MR) is 316 cm³/mol. The van der Waals surface area contributed by atoms with Crippen LogP contribution in [0.15, 0.2) is 41.8 Å². The average Bonchev–Trinajstić information content (AvgIpc) is 1.66. The second-order valence-corrected chi connectivity index (χ2v) is 22.5. The van der Waals surface area contributed by atoms with Gasteiger partial charge < -0.3 is 64.6 Å². The largest absolute Gasteiger partial charge is 0.469 e. The number of amides is 7. The normalized spacial score (nSPS) is 16.1. The molecule has 2 aliphatic rings. The van der Waals surface area contributed by atoms with Gasteiger partial charge in [0.25, 0.3) is 0 Å². The SMILES string of the molecule is COC(=O)CCCCCCCCCCCCCCCCC(=O)N[C@@H](CCC(=O)NCCOCCOCC(=O)NCCOCCOCC(=O)NCC(=O)N1[C@H]2C[C@@]2(C)C[C@H]1C(=O)NCc1cc(C(=N)NC(=O)OCc2ccccc2)cs1)C(=O)OC. The molecule has 4 rings (SSSR count). The zero-order valence-electron chi connectivity index (χ0n) is 50.0. The van der Waals surface area contributed by atoms with Crippen molar-refractivity contribution in [3.63, 3.8) is 0 Å². The van der Waals surface area contributed by atoms with E-state index in [0.717, 1.165) is 55.4 Å². The van der Waals surface area contributed by atoms with Gasteiger partial charge in [0.2, 0.25) is 35.4 Å². The number of methoxy groups -OCH3 is 2. The number of hydrogen-bond acceptors (Lipinski definition) is 18. The first kappa shape index (κ1) is 70.9. The van der Waals surface area contributed by atoms with Gasteiger partial charge in [0.05, 0.1) is 67.0 Å². The van der Waals surface area contributed by atoms with E-state index in [1.165, 1.54) is 76.9 Å². The van der Waals surface area contributed by atoms with Gasteiger partial charge in [-0.15, -0.1) is 11.3 Å². The Balaban J connectivity index is 0.915. The molecular formula is C60H92N8O16S. The van der Waals surface area contributed by atoms with Crippen LogP contribution in [0.2, 0.25) is 0 Å². The van der Waals surface area contributed by atoms with Gasteiger partial charge in [-0.1, -0.05) is 114 Å². The Kier molecular flexibility index (Phi) is 34.6. The van der Waals surface area contributed by atoms with Crippen LogP contribution in [-0.2, 0) is 84.7 Å². The summed E-state index contributed by atoms with van der Waals surface area (Å²) in [5, 5.41) is 25.9. The minimum Gasteiger partial charge on any atom is -0.469 e. The topological polar surface area (TPSA) is 318 Å². The van der Waals surface area contributed by atoms with E-state index in [4.69, 9.17) is 33.8 Å². The van der Waals surface area contributed by atoms with E-state index in [1.807, 2.05) is 37.3 Å². The highest BCUT2D eigenvalue weighted by Gasteiger charge is 2.64. The van der Waals surface area contributed by atoms with Crippen molar-refractivity contribution in [2.75, 3.05) is 86.7 Å². The van der Waals surface area contributed by atoms with E-state index in [-0.39, 0.29) is 151 Å². The molecule has 2 heterocycles. The second kappa shape index (κ2) is 41.5. The number of alkyl carbamates (subject to hydrolysis) is 1. The van der Waals surface area contributed by atoms with Crippen LogP contribution in [-0.4, -0.2) is 169 Å². The maximum Gasteiger partial charge on any atom is 0.413 e. The molecule has 0 unspecified atom stereocenters. The molecule has 1 aromatic heterocycles. The van der Waals surface area contributed by atoms with Crippen LogP contribution in [0, 0.1) is 10.8 Å². The fourth-order valence-electron chi connectivity index (χ4n) is 9.65. The zero-order chi connectivity index (χ0) is 61.5. The number of fused-ring (bicyclic) bond motifs is 1. The highest BCUT2D eigenvalue weighted by Crippen LogP contribution is 2.59. The van der Waals surface area contributed by atoms with Crippen molar-refractivity contribution in [1.82, 2.24) is 36.8 Å². The molecule has 24 nitrogen and oxygen atoms in total. The van der Waals surface area contributed by atoms with Crippen LogP contribution in [0.3, 0.4) is 0 Å². The molecule has 7 amide bonds. The van der Waals surface area contributed by atoms with Crippen LogP contribution in [0.4, 0.5) is 4.79 Å². The first-order chi connectivity index (χ1) is 41.1. The van der Waals surface area contributed by atoms with Crippen LogP contribution >= 0.6 is 11.3 Å². The summed E-state index contributed by atoms with van der Waals surface area (Å²) in [4.78, 5) is 114. The van der Waals surface area contributed by atoms with Gasteiger partial charge >= 0.3 is 18.0 Å². The number of amidine groups is 1. The summed E-state index contributed by atoms with van der Waals surface area (Å²) in [6.45, 7) is 2.83. The van der Waals surface area contributed by atoms with Crippen LogP contribution in [0.5, 0.6) is 0 Å². The Morgan fingerprint density at radius 2 is 1.21 bits per heavy atom. The number of esters is 2. The first-order valence-corrected chi connectivity index (χ1v) is 30.8. The third kappa shape index (κ3) is 29.9. The number of nitrogens with one attached hydrogen (secondary N) is 7. The van der Waals surface area contributed by atoms with Crippen molar-refractivity contribution in [1.29, 1.82) is 5.41 Å². The molecule has 1 saturated heterocycles. The molecule has 7 N–H and O–H groups in total. The number of rotatable bonds is 46. The standard InChI is InChI=1S/C60H92N8O16S/c1-60-36-48(57(75)65-38-46-35-45(43-85-46)56(61)67-59(77)84-40-44-21-17-16-18-22-44)68(49(60)37-60)54(73)39-64-53(72)42-83-34-32-81-30-28-63-52(71)41-82-33-31-80-29-27-62-50(69)26-25-47(58(76)79-3)66-51(70)23-19-14-12-10-8-6-4-5-7-9-11-13-15-20-24-55(74)78-2/h16-18,21-22,35,43,47-49H,4-15,19-20,23-34,36-42H2,1-3H3,(H,62,69)(H,63,71)(H,64,72)(H,65,75)(H,66,70)(H2,61,67,77)/t47-,48-,49-,60+/m0/s1. The van der Waals surface area contributed by atoms with E-state index in [0.29, 0.717) is 24.8 Å². The lowest BCUT2D eigenvalue weighted by molar-refractivity contribution is -0.145. The summed E-state index contributed by atoms with van der Waals surface area (Å²) in [5.41, 5.74) is 1.09. The van der Waals surface area contributed by atoms with E-state index in [1.54, 1.807) is 16.3 Å². The number of piperidine rings is 1. The van der Waals surface area contributed by atoms with Crippen molar-refractivity contribution in [3.8, 4) is 0 Å². The fraction of sp³-hybridized carbons (Fsp3) is 0.667. The molecular weight excluding hydrogens is 1120 g/mol. The monoisotopic (exact) mass is 1210 g/mol. The smallest absolute Gasteiger partial charge is 0.413 e. The Morgan fingerprint density at radius 3 is 1.81 bits per heavy atom. The van der Waals surface area contributed by atoms with Crippen molar-refractivity contribution in [2.45, 2.75) is 167 Å². The summed E-state index contributed by atoms with van der Waals surface area (Å²) in [6, 6.07) is 9.13. The van der Waals surface area contributed by atoms with Crippen molar-refractivity contribution >= 4 is 70.6 Å². The summed E-state index contributed by atoms with van der Waals surface area (Å²) >= 11 is 1.31. The number of carbonyl (C=O) groups excluding carboxylic acids is 9. The molecule has 1 aromatic carbocycles. The lowest BCUT2D eigenvalue weighted by atomic mass is 10.0. The van der Waals surface area contributed by atoms with Gasteiger partial charge in [0.1, 0.15) is 37.7 Å². The lowest BCUT2D eigenvalue weighted by Crippen LogP contribution is -2.50. The van der Waals surface area contributed by atoms with E-state index < -0.39 is 30.1 Å². The molecule has 4 atom stereocenters. The van der Waals surface area contributed by atoms with Crippen molar-refractivity contribution in [3.05, 3.63) is 57.8 Å². The number of likely N-dealkylation sites (tertiary alicyclic amines) is 1. The summed E-state index contributed by atoms with van der Waals surface area (Å²) in [7, 11) is 2.67. The van der Waals surface area contributed by atoms with Gasteiger partial charge in [-0.2, -0.15) is 0 Å². The molecule has 2 aromatic rings. The number of ether oxygens (including phenoxy) is 7. The highest BCUT2D eigenvalue weighted by molar-refractivity contribution is 7.10. The van der Waals surface area contributed by atoms with Gasteiger partial charge in [0.15, 0.2) is 0 Å². The Morgan fingerprint density at radius 1 is 0.647 bits per heavy atom. The van der Waals surface area contributed by atoms with Crippen LogP contribution in [0.25, 0.3) is 0 Å². The number of unbranched alkanes of at least 4 members (excludes halogenated alkanes) is 13. The fourth-order valence-corrected chi connectivity index (χ4v) is 10.5. The zero-order valence-corrected chi connectivity index (χ0v) is 50.8. The van der Waals surface area contributed by atoms with E-state index in [9.17, 15) is 43.2 Å². The maximum absolute atomic E-state index is 13.4. The number of thiophene rings is 1. The number of carbonyl (C=O) groups is 9. The van der Waals surface area contributed by atoms with Gasteiger partial charge in [-0.25, -0.2) is 9.59 Å². The van der Waals surface area contributed by atoms with E-state index in [2.05, 4.69) is 36.6 Å². The Labute approximate surface area is 503 Å². The molecule has 2 fully saturated rings. The Hall–Kier alpha value is -6.54. The van der Waals surface area contributed by atoms with Crippen molar-refractivity contribution < 1.29 is 76.3 Å². The Bertz CT molecular complexity index is 2400. The lowest BCUT2D eigenvalue weighted by Gasteiger charge is -2.27. The maximum atomic E-state index is 13.4.